The second-order valence-corrected chi connectivity index (χ2v) is 5.51. The molecule has 6 heteroatoms. The number of halogens is 1. The van der Waals surface area contributed by atoms with E-state index in [-0.39, 0.29) is 11.9 Å². The van der Waals surface area contributed by atoms with E-state index < -0.39 is 0 Å². The monoisotopic (exact) mass is 327 g/mol. The van der Waals surface area contributed by atoms with Crippen LogP contribution in [-0.4, -0.2) is 17.3 Å². The highest BCUT2D eigenvalue weighted by Gasteiger charge is 2.16. The molecule has 124 valence electrons. The predicted molar refractivity (Wildman–Crippen MR) is 89.5 cm³/mol. The summed E-state index contributed by atoms with van der Waals surface area (Å²) in [7, 11) is 1.62. The lowest BCUT2D eigenvalue weighted by atomic mass is 10.1. The molecular weight excluding hydrogens is 309 g/mol. The van der Waals surface area contributed by atoms with Gasteiger partial charge in [0.05, 0.1) is 7.11 Å². The average molecular weight is 327 g/mol. The zero-order chi connectivity index (χ0) is 17.1. The van der Waals surface area contributed by atoms with E-state index in [4.69, 9.17) is 9.26 Å². The molecule has 5 nitrogen and oxygen atoms in total. The summed E-state index contributed by atoms with van der Waals surface area (Å²) >= 11 is 0. The molecule has 0 aliphatic heterocycles. The van der Waals surface area contributed by atoms with Gasteiger partial charge in [0.25, 0.3) is 0 Å². The van der Waals surface area contributed by atoms with Crippen LogP contribution in [0.1, 0.15) is 24.4 Å². The predicted octanol–water partition coefficient (Wildman–Crippen LogP) is 4.37. The van der Waals surface area contributed by atoms with Gasteiger partial charge in [0.15, 0.2) is 0 Å². The van der Waals surface area contributed by atoms with E-state index in [0.717, 1.165) is 11.4 Å². The smallest absolute Gasteiger partial charge is 0.249 e. The lowest BCUT2D eigenvalue weighted by Gasteiger charge is -2.11. The van der Waals surface area contributed by atoms with Crippen molar-refractivity contribution in [2.24, 2.45) is 0 Å². The number of nitrogens with zero attached hydrogens (tertiary/aromatic N) is 2. The van der Waals surface area contributed by atoms with Gasteiger partial charge in [0.2, 0.25) is 11.7 Å². The quantitative estimate of drug-likeness (QED) is 0.754. The zero-order valence-electron chi connectivity index (χ0n) is 13.7. The normalized spacial score (nSPS) is 12.0. The van der Waals surface area contributed by atoms with E-state index in [1.807, 2.05) is 31.2 Å². The summed E-state index contributed by atoms with van der Waals surface area (Å²) in [6.45, 7) is 3.62. The number of nitrogens with one attached hydrogen (secondary N) is 1. The molecule has 0 fully saturated rings. The van der Waals surface area contributed by atoms with Gasteiger partial charge in [-0.05, 0) is 49.7 Å². The lowest BCUT2D eigenvalue weighted by Crippen LogP contribution is -2.06. The molecule has 3 aromatic rings. The van der Waals surface area contributed by atoms with Crippen LogP contribution in [-0.2, 0) is 0 Å². The van der Waals surface area contributed by atoms with Crippen molar-refractivity contribution < 1.29 is 13.7 Å². The SMILES string of the molecule is COc1ccc(NC(C)c2nc(-c3ccc(C)c(F)c3)no2)cc1. The van der Waals surface area contributed by atoms with Crippen LogP contribution >= 0.6 is 0 Å². The minimum absolute atomic E-state index is 0.185. The highest BCUT2D eigenvalue weighted by molar-refractivity contribution is 5.55. The molecule has 1 N–H and O–H groups in total. The molecule has 0 spiro atoms. The topological polar surface area (TPSA) is 60.2 Å². The first-order valence-electron chi connectivity index (χ1n) is 7.57. The van der Waals surface area contributed by atoms with Crippen LogP contribution in [0.3, 0.4) is 0 Å². The molecule has 1 heterocycles. The van der Waals surface area contributed by atoms with E-state index in [9.17, 15) is 4.39 Å². The minimum Gasteiger partial charge on any atom is -0.497 e. The molecule has 1 atom stereocenters. The molecule has 0 aliphatic rings. The van der Waals surface area contributed by atoms with Crippen molar-refractivity contribution in [3.8, 4) is 17.1 Å². The van der Waals surface area contributed by atoms with Gasteiger partial charge >= 0.3 is 0 Å². The van der Waals surface area contributed by atoms with Gasteiger partial charge in [-0.15, -0.1) is 0 Å². The number of hydrogen-bond donors (Lipinski definition) is 1. The van der Waals surface area contributed by atoms with Crippen molar-refractivity contribution in [2.75, 3.05) is 12.4 Å². The van der Waals surface area contributed by atoms with Crippen LogP contribution in [0.25, 0.3) is 11.4 Å². The number of benzene rings is 2. The highest BCUT2D eigenvalue weighted by Crippen LogP contribution is 2.24. The fraction of sp³-hybridized carbons (Fsp3) is 0.222. The third kappa shape index (κ3) is 3.37. The van der Waals surface area contributed by atoms with Crippen LogP contribution < -0.4 is 10.1 Å². The number of ether oxygens (including phenoxy) is 1. The summed E-state index contributed by atoms with van der Waals surface area (Å²) in [5, 5.41) is 7.20. The van der Waals surface area contributed by atoms with Crippen molar-refractivity contribution in [1.29, 1.82) is 0 Å². The Bertz CT molecular complexity index is 831. The van der Waals surface area contributed by atoms with Crippen molar-refractivity contribution in [2.45, 2.75) is 19.9 Å². The molecule has 0 saturated heterocycles. The summed E-state index contributed by atoms with van der Waals surface area (Å²) in [5.41, 5.74) is 2.08. The molecule has 1 aromatic heterocycles. The van der Waals surface area contributed by atoms with Crippen LogP contribution in [0.2, 0.25) is 0 Å². The number of methoxy groups -OCH3 is 1. The maximum atomic E-state index is 13.7. The maximum absolute atomic E-state index is 13.7. The molecule has 0 saturated carbocycles. The number of anilines is 1. The largest absolute Gasteiger partial charge is 0.497 e. The Labute approximate surface area is 139 Å². The molecule has 24 heavy (non-hydrogen) atoms. The summed E-state index contributed by atoms with van der Waals surface area (Å²) in [6.07, 6.45) is 0. The lowest BCUT2D eigenvalue weighted by molar-refractivity contribution is 0.368. The fourth-order valence-corrected chi connectivity index (χ4v) is 2.26. The minimum atomic E-state index is -0.289. The Morgan fingerprint density at radius 1 is 1.17 bits per heavy atom. The second-order valence-electron chi connectivity index (χ2n) is 5.51. The average Bonchev–Trinajstić information content (AvgIpc) is 3.08. The zero-order valence-corrected chi connectivity index (χ0v) is 13.7. The Hall–Kier alpha value is -2.89. The molecule has 1 unspecified atom stereocenters. The Morgan fingerprint density at radius 3 is 2.58 bits per heavy atom. The van der Waals surface area contributed by atoms with Crippen LogP contribution in [0.5, 0.6) is 5.75 Å². The van der Waals surface area contributed by atoms with Gasteiger partial charge in [0.1, 0.15) is 17.6 Å². The first-order chi connectivity index (χ1) is 11.6. The van der Waals surface area contributed by atoms with Gasteiger partial charge in [-0.3, -0.25) is 0 Å². The Morgan fingerprint density at radius 2 is 1.92 bits per heavy atom. The molecule has 3 rings (SSSR count). The molecular formula is C18H18FN3O2. The van der Waals surface area contributed by atoms with Crippen molar-refractivity contribution in [3.05, 3.63) is 59.7 Å². The van der Waals surface area contributed by atoms with Gasteiger partial charge in [-0.1, -0.05) is 17.3 Å². The Kier molecular flexibility index (Phi) is 4.46. The van der Waals surface area contributed by atoms with Crippen LogP contribution in [0, 0.1) is 12.7 Å². The molecule has 0 aliphatic carbocycles. The summed E-state index contributed by atoms with van der Waals surface area (Å²) in [6, 6.07) is 12.2. The van der Waals surface area contributed by atoms with Gasteiger partial charge in [0, 0.05) is 11.3 Å². The van der Waals surface area contributed by atoms with E-state index in [2.05, 4.69) is 15.5 Å². The van der Waals surface area contributed by atoms with E-state index >= 15 is 0 Å². The first-order valence-corrected chi connectivity index (χ1v) is 7.57. The van der Waals surface area contributed by atoms with E-state index in [1.54, 1.807) is 26.2 Å². The van der Waals surface area contributed by atoms with Gasteiger partial charge in [-0.25, -0.2) is 4.39 Å². The Balaban J connectivity index is 1.75. The van der Waals surface area contributed by atoms with Gasteiger partial charge < -0.3 is 14.6 Å². The number of aryl methyl sites for hydroxylation is 1. The van der Waals surface area contributed by atoms with Crippen LogP contribution in [0.4, 0.5) is 10.1 Å². The first kappa shape index (κ1) is 16.0. The summed E-state index contributed by atoms with van der Waals surface area (Å²) in [4.78, 5) is 4.35. The molecule has 0 amide bonds. The summed E-state index contributed by atoms with van der Waals surface area (Å²) < 4.78 is 24.1. The van der Waals surface area contributed by atoms with E-state index in [1.165, 1.54) is 6.07 Å². The fourth-order valence-electron chi connectivity index (χ4n) is 2.26. The number of hydrogen-bond acceptors (Lipinski definition) is 5. The molecule has 2 aromatic carbocycles. The van der Waals surface area contributed by atoms with E-state index in [0.29, 0.717) is 22.8 Å². The summed E-state index contributed by atoms with van der Waals surface area (Å²) in [5.74, 6) is 1.30. The number of aromatic nitrogens is 2. The number of rotatable bonds is 5. The third-order valence-electron chi connectivity index (χ3n) is 3.72. The maximum Gasteiger partial charge on any atom is 0.249 e. The molecule has 0 bridgehead atoms. The van der Waals surface area contributed by atoms with Crippen molar-refractivity contribution >= 4 is 5.69 Å². The van der Waals surface area contributed by atoms with Gasteiger partial charge in [-0.2, -0.15) is 4.98 Å². The van der Waals surface area contributed by atoms with Crippen molar-refractivity contribution in [1.82, 2.24) is 10.1 Å². The third-order valence-corrected chi connectivity index (χ3v) is 3.72. The van der Waals surface area contributed by atoms with Crippen LogP contribution in [0.15, 0.2) is 47.0 Å². The standard InChI is InChI=1S/C18H18FN3O2/c1-11-4-5-13(10-16(11)19)17-21-18(24-22-17)12(2)20-14-6-8-15(23-3)9-7-14/h4-10,12,20H,1-3H3. The highest BCUT2D eigenvalue weighted by atomic mass is 19.1. The second kappa shape index (κ2) is 6.70. The molecule has 0 radical (unpaired) electrons. The van der Waals surface area contributed by atoms with Crippen molar-refractivity contribution in [3.63, 3.8) is 0 Å².